The van der Waals surface area contributed by atoms with Gasteiger partial charge < -0.3 is 14.2 Å². The molecule has 0 radical (unpaired) electrons. The Morgan fingerprint density at radius 3 is 2.17 bits per heavy atom. The predicted octanol–water partition coefficient (Wildman–Crippen LogP) is 3.27. The van der Waals surface area contributed by atoms with Crippen molar-refractivity contribution >= 4 is 15.7 Å². The van der Waals surface area contributed by atoms with Gasteiger partial charge in [0, 0.05) is 18.2 Å². The molecule has 1 aliphatic heterocycles. The van der Waals surface area contributed by atoms with Crippen LogP contribution in [-0.4, -0.2) is 56.1 Å². The van der Waals surface area contributed by atoms with Crippen molar-refractivity contribution < 1.29 is 31.4 Å². The molecule has 0 atom stereocenters. The summed E-state index contributed by atoms with van der Waals surface area (Å²) in [6.07, 6.45) is 2.03. The van der Waals surface area contributed by atoms with Crippen molar-refractivity contribution in [2.75, 3.05) is 26.4 Å². The van der Waals surface area contributed by atoms with Gasteiger partial charge in [0.2, 0.25) is 10.0 Å². The van der Waals surface area contributed by atoms with Gasteiger partial charge in [-0.25, -0.2) is 13.6 Å². The second-order valence-electron chi connectivity index (χ2n) is 7.72. The molecule has 4 aromatic rings. The average Bonchev–Trinajstić information content (AvgIpc) is 3.28. The molecule has 2 N–H and O–H groups in total. The smallest absolute Gasteiger partial charge is 0.387 e. The summed E-state index contributed by atoms with van der Waals surface area (Å²) < 4.78 is 64.4. The zero-order valence-electron chi connectivity index (χ0n) is 19.1. The fourth-order valence-corrected chi connectivity index (χ4v) is 4.05. The van der Waals surface area contributed by atoms with Crippen LogP contribution < -0.4 is 9.88 Å². The quantitative estimate of drug-likeness (QED) is 0.416. The zero-order valence-corrected chi connectivity index (χ0v) is 19.9. The minimum atomic E-state index is -3.77. The van der Waals surface area contributed by atoms with Gasteiger partial charge in [0.1, 0.15) is 11.6 Å². The molecule has 1 fully saturated rings. The molecule has 0 aliphatic carbocycles. The molecule has 0 saturated carbocycles. The highest BCUT2D eigenvalue weighted by Crippen LogP contribution is 2.25. The number of halogens is 2. The Morgan fingerprint density at radius 1 is 0.917 bits per heavy atom. The van der Waals surface area contributed by atoms with E-state index in [1.54, 1.807) is 47.0 Å². The maximum atomic E-state index is 12.7. The maximum Gasteiger partial charge on any atom is 0.387 e. The van der Waals surface area contributed by atoms with E-state index < -0.39 is 16.6 Å². The first-order chi connectivity index (χ1) is 17.3. The van der Waals surface area contributed by atoms with Crippen molar-refractivity contribution in [1.82, 2.24) is 14.6 Å². The van der Waals surface area contributed by atoms with Crippen molar-refractivity contribution in [2.45, 2.75) is 17.9 Å². The molecule has 3 heterocycles. The van der Waals surface area contributed by atoms with E-state index in [9.17, 15) is 17.2 Å². The maximum absolute atomic E-state index is 12.7. The summed E-state index contributed by atoms with van der Waals surface area (Å²) in [5.41, 5.74) is 2.70. The summed E-state index contributed by atoms with van der Waals surface area (Å²) in [4.78, 5) is 0.0213. The van der Waals surface area contributed by atoms with E-state index in [1.165, 1.54) is 18.2 Å². The van der Waals surface area contributed by atoms with Crippen LogP contribution in [0.4, 0.5) is 8.78 Å². The number of fused-ring (bicyclic) bond motifs is 1. The van der Waals surface area contributed by atoms with Crippen LogP contribution in [0, 0.1) is 0 Å². The Bertz CT molecular complexity index is 1400. The molecule has 2 aromatic carbocycles. The fraction of sp³-hybridized carbons (Fsp3) is 0.250. The summed E-state index contributed by atoms with van der Waals surface area (Å²) in [5.74, 6) is 0.623. The molecule has 9 nitrogen and oxygen atoms in total. The topological polar surface area (TPSA) is 118 Å². The third-order valence-electron chi connectivity index (χ3n) is 5.27. The number of hydrogen-bond acceptors (Lipinski definition) is 7. The van der Waals surface area contributed by atoms with Gasteiger partial charge in [-0.1, -0.05) is 30.3 Å². The van der Waals surface area contributed by atoms with Crippen molar-refractivity contribution in [1.29, 1.82) is 0 Å². The highest BCUT2D eigenvalue weighted by Gasteiger charge is 2.14. The Balaban J connectivity index is 0.000000445. The second kappa shape index (κ2) is 11.5. The number of sulfonamides is 1. The third-order valence-corrected chi connectivity index (χ3v) is 6.20. The number of aromatic nitrogens is 3. The molecular weight excluding hydrogens is 494 g/mol. The largest absolute Gasteiger partial charge is 0.435 e. The van der Waals surface area contributed by atoms with E-state index in [1.807, 2.05) is 6.07 Å². The Morgan fingerprint density at radius 2 is 1.56 bits per heavy atom. The standard InChI is InChI=1S/C20H16F2N4O3S.C4H8O2/c21-20(22)29-17-4-2-1-3-14(17)11-19-25-24-18-10-7-15(12-26(18)19)13-5-8-16(9-6-13)30(23,27)28;1-2-6-4-3-5-1/h1-10,12,20H,11H2,(H2,23,27,28);1-4H2. The van der Waals surface area contributed by atoms with Crippen LogP contribution in [0.5, 0.6) is 5.75 Å². The summed E-state index contributed by atoms with van der Waals surface area (Å²) in [5, 5.41) is 13.4. The highest BCUT2D eigenvalue weighted by atomic mass is 32.2. The lowest BCUT2D eigenvalue weighted by atomic mass is 10.1. The number of rotatable bonds is 6. The van der Waals surface area contributed by atoms with E-state index >= 15 is 0 Å². The number of alkyl halides is 2. The number of para-hydroxylation sites is 1. The number of nitrogens with zero attached hydrogens (tertiary/aromatic N) is 3. The Hall–Kier alpha value is -3.45. The number of ether oxygens (including phenoxy) is 3. The minimum Gasteiger partial charge on any atom is -0.435 e. The molecule has 190 valence electrons. The lowest BCUT2D eigenvalue weighted by Crippen LogP contribution is -2.16. The van der Waals surface area contributed by atoms with Crippen molar-refractivity contribution in [3.63, 3.8) is 0 Å². The molecule has 0 bridgehead atoms. The SMILES string of the molecule is C1COCCO1.NS(=O)(=O)c1ccc(-c2ccc3nnc(Cc4ccccc4OC(F)F)n3c2)cc1. The first-order valence-corrected chi connectivity index (χ1v) is 12.5. The third kappa shape index (κ3) is 6.61. The van der Waals surface area contributed by atoms with Crippen LogP contribution in [0.2, 0.25) is 0 Å². The number of nitrogens with two attached hydrogens (primary N) is 1. The van der Waals surface area contributed by atoms with Crippen LogP contribution in [-0.2, 0) is 25.9 Å². The van der Waals surface area contributed by atoms with Crippen LogP contribution >= 0.6 is 0 Å². The molecule has 1 aliphatic rings. The summed E-state index contributed by atoms with van der Waals surface area (Å²) in [6, 6.07) is 16.3. The highest BCUT2D eigenvalue weighted by molar-refractivity contribution is 7.89. The van der Waals surface area contributed by atoms with Gasteiger partial charge >= 0.3 is 6.61 Å². The molecule has 0 amide bonds. The Kier molecular flexibility index (Phi) is 8.21. The van der Waals surface area contributed by atoms with Crippen LogP contribution in [0.1, 0.15) is 11.4 Å². The van der Waals surface area contributed by atoms with E-state index in [-0.39, 0.29) is 17.1 Å². The summed E-state index contributed by atoms with van der Waals surface area (Å²) in [6.45, 7) is 0.188. The molecule has 36 heavy (non-hydrogen) atoms. The van der Waals surface area contributed by atoms with Crippen LogP contribution in [0.25, 0.3) is 16.8 Å². The van der Waals surface area contributed by atoms with Gasteiger partial charge in [-0.15, -0.1) is 10.2 Å². The van der Waals surface area contributed by atoms with E-state index in [0.717, 1.165) is 37.6 Å². The van der Waals surface area contributed by atoms with Gasteiger partial charge in [0.15, 0.2) is 5.65 Å². The zero-order chi connectivity index (χ0) is 25.5. The van der Waals surface area contributed by atoms with Gasteiger partial charge in [-0.05, 0) is 41.5 Å². The Labute approximate surface area is 206 Å². The second-order valence-corrected chi connectivity index (χ2v) is 9.28. The molecular formula is C24H24F2N4O5S. The lowest BCUT2D eigenvalue weighted by Gasteiger charge is -2.10. The lowest BCUT2D eigenvalue weighted by molar-refractivity contribution is -0.0504. The van der Waals surface area contributed by atoms with E-state index in [4.69, 9.17) is 14.6 Å². The normalized spacial score (nSPS) is 13.9. The van der Waals surface area contributed by atoms with E-state index in [0.29, 0.717) is 17.0 Å². The van der Waals surface area contributed by atoms with Gasteiger partial charge in [-0.3, -0.25) is 4.40 Å². The average molecular weight is 519 g/mol. The van der Waals surface area contributed by atoms with Crippen molar-refractivity contribution in [2.24, 2.45) is 5.14 Å². The predicted molar refractivity (Wildman–Crippen MR) is 127 cm³/mol. The summed E-state index contributed by atoms with van der Waals surface area (Å²) in [7, 11) is -3.77. The number of benzene rings is 2. The minimum absolute atomic E-state index is 0.0213. The number of pyridine rings is 1. The van der Waals surface area contributed by atoms with Crippen LogP contribution in [0.15, 0.2) is 71.8 Å². The van der Waals surface area contributed by atoms with Gasteiger partial charge in [-0.2, -0.15) is 8.78 Å². The van der Waals surface area contributed by atoms with Crippen LogP contribution in [0.3, 0.4) is 0 Å². The van der Waals surface area contributed by atoms with Crippen molar-refractivity contribution in [3.8, 4) is 16.9 Å². The monoisotopic (exact) mass is 518 g/mol. The molecule has 5 rings (SSSR count). The number of primary sulfonamides is 1. The molecule has 12 heteroatoms. The molecule has 0 spiro atoms. The first kappa shape index (κ1) is 25.6. The van der Waals surface area contributed by atoms with E-state index in [2.05, 4.69) is 14.9 Å². The van der Waals surface area contributed by atoms with Crippen molar-refractivity contribution in [3.05, 3.63) is 78.2 Å². The molecule has 0 unspecified atom stereocenters. The fourth-order valence-electron chi connectivity index (χ4n) is 3.54. The van der Waals surface area contributed by atoms with Gasteiger partial charge in [0.25, 0.3) is 0 Å². The molecule has 1 saturated heterocycles. The number of hydrogen-bond donors (Lipinski definition) is 1. The van der Waals surface area contributed by atoms with Gasteiger partial charge in [0.05, 0.1) is 31.3 Å². The molecule has 2 aromatic heterocycles. The first-order valence-electron chi connectivity index (χ1n) is 11.0. The summed E-state index contributed by atoms with van der Waals surface area (Å²) >= 11 is 0.